The first-order valence-electron chi connectivity index (χ1n) is 5.78. The van der Waals surface area contributed by atoms with Crippen molar-refractivity contribution in [3.05, 3.63) is 48.0 Å². The Labute approximate surface area is 117 Å². The van der Waals surface area contributed by atoms with Gasteiger partial charge >= 0.3 is 6.36 Å². The van der Waals surface area contributed by atoms with Crippen molar-refractivity contribution in [2.24, 2.45) is 0 Å². The van der Waals surface area contributed by atoms with Gasteiger partial charge in [-0.2, -0.15) is 9.65 Å². The second-order valence-corrected chi connectivity index (χ2v) is 4.01. The number of hydrogen-bond donors (Lipinski definition) is 0. The molecule has 0 fully saturated rings. The molecule has 0 aliphatic rings. The van der Waals surface area contributed by atoms with Crippen molar-refractivity contribution in [1.29, 1.82) is 5.26 Å². The minimum absolute atomic E-state index is 0.0516. The number of nitriles is 1. The molecule has 7 heteroatoms. The highest BCUT2D eigenvalue weighted by Crippen LogP contribution is 2.35. The van der Waals surface area contributed by atoms with Gasteiger partial charge in [-0.15, -0.1) is 13.2 Å². The summed E-state index contributed by atoms with van der Waals surface area (Å²) in [6.45, 7) is 0. The van der Waals surface area contributed by atoms with Gasteiger partial charge in [0.05, 0.1) is 18.2 Å². The topological polar surface area (TPSA) is 45.9 Å². The summed E-state index contributed by atoms with van der Waals surface area (Å²) in [5, 5.41) is 8.71. The van der Waals surface area contributed by atoms with E-state index >= 15 is 0 Å². The van der Waals surface area contributed by atoms with E-state index in [1.807, 2.05) is 0 Å². The molecular formula is C14H8F4N2O. The summed E-state index contributed by atoms with van der Waals surface area (Å²) >= 11 is 0. The van der Waals surface area contributed by atoms with Crippen LogP contribution >= 0.6 is 0 Å². The van der Waals surface area contributed by atoms with E-state index in [9.17, 15) is 17.6 Å². The fraction of sp³-hybridized carbons (Fsp3) is 0.143. The molecule has 0 aliphatic carbocycles. The average molecular weight is 296 g/mol. The summed E-state index contributed by atoms with van der Waals surface area (Å²) in [4.78, 5) is 3.55. The van der Waals surface area contributed by atoms with E-state index in [2.05, 4.69) is 9.72 Å². The Kier molecular flexibility index (Phi) is 4.08. The van der Waals surface area contributed by atoms with Crippen LogP contribution in [-0.4, -0.2) is 11.3 Å². The van der Waals surface area contributed by atoms with Crippen molar-refractivity contribution in [2.75, 3.05) is 0 Å². The molecule has 0 spiro atoms. The van der Waals surface area contributed by atoms with Gasteiger partial charge in [0.2, 0.25) is 5.95 Å². The maximum Gasteiger partial charge on any atom is 0.573 e. The second kappa shape index (κ2) is 5.79. The zero-order chi connectivity index (χ0) is 15.5. The fourth-order valence-electron chi connectivity index (χ4n) is 1.83. The van der Waals surface area contributed by atoms with Gasteiger partial charge in [0, 0.05) is 11.1 Å². The van der Waals surface area contributed by atoms with Crippen LogP contribution in [0.25, 0.3) is 11.1 Å². The second-order valence-electron chi connectivity index (χ2n) is 4.01. The lowest BCUT2D eigenvalue weighted by Gasteiger charge is -2.14. The van der Waals surface area contributed by atoms with E-state index in [0.717, 1.165) is 12.1 Å². The highest BCUT2D eigenvalue weighted by Gasteiger charge is 2.32. The quantitative estimate of drug-likeness (QED) is 0.638. The van der Waals surface area contributed by atoms with Gasteiger partial charge in [0.15, 0.2) is 0 Å². The van der Waals surface area contributed by atoms with Crippen LogP contribution < -0.4 is 4.74 Å². The van der Waals surface area contributed by atoms with Crippen LogP contribution in [0.4, 0.5) is 17.6 Å². The summed E-state index contributed by atoms with van der Waals surface area (Å²) in [6.07, 6.45) is -5.08. The Morgan fingerprint density at radius 2 is 1.81 bits per heavy atom. The molecule has 0 unspecified atom stereocenters. The van der Waals surface area contributed by atoms with Crippen molar-refractivity contribution in [3.8, 4) is 22.9 Å². The lowest BCUT2D eigenvalue weighted by Crippen LogP contribution is -2.17. The highest BCUT2D eigenvalue weighted by atomic mass is 19.4. The standard InChI is InChI=1S/C14H8F4N2O/c15-13-6-5-9(11(20-13)7-8-19)10-3-1-2-4-12(10)21-14(16,17)18/h1-6H,7H2. The van der Waals surface area contributed by atoms with Crippen molar-refractivity contribution >= 4 is 0 Å². The Hall–Kier alpha value is -2.62. The number of alkyl halides is 3. The lowest BCUT2D eigenvalue weighted by atomic mass is 10.0. The molecule has 0 saturated heterocycles. The molecule has 1 aromatic heterocycles. The molecule has 2 rings (SSSR count). The van der Waals surface area contributed by atoms with E-state index < -0.39 is 18.1 Å². The van der Waals surface area contributed by atoms with Gasteiger partial charge in [-0.25, -0.2) is 4.98 Å². The normalized spacial score (nSPS) is 11.0. The Balaban J connectivity index is 2.55. The van der Waals surface area contributed by atoms with Crippen molar-refractivity contribution in [2.45, 2.75) is 12.8 Å². The van der Waals surface area contributed by atoms with Gasteiger partial charge in [-0.05, 0) is 18.2 Å². The van der Waals surface area contributed by atoms with E-state index in [4.69, 9.17) is 5.26 Å². The molecule has 108 valence electrons. The number of aromatic nitrogens is 1. The first kappa shape index (κ1) is 14.8. The van der Waals surface area contributed by atoms with Crippen LogP contribution in [0, 0.1) is 17.3 Å². The summed E-state index contributed by atoms with van der Waals surface area (Å²) < 4.78 is 54.3. The molecule has 0 bridgehead atoms. The third kappa shape index (κ3) is 3.69. The molecule has 0 aliphatic heterocycles. The first-order chi connectivity index (χ1) is 9.90. The number of nitrogens with zero attached hydrogens (tertiary/aromatic N) is 2. The van der Waals surface area contributed by atoms with Gasteiger partial charge in [-0.1, -0.05) is 18.2 Å². The minimum Gasteiger partial charge on any atom is -0.405 e. The Morgan fingerprint density at radius 3 is 2.48 bits per heavy atom. The number of ether oxygens (including phenoxy) is 1. The molecule has 1 aromatic carbocycles. The van der Waals surface area contributed by atoms with Crippen LogP contribution in [-0.2, 0) is 6.42 Å². The van der Waals surface area contributed by atoms with Crippen molar-refractivity contribution in [1.82, 2.24) is 4.98 Å². The third-order valence-electron chi connectivity index (χ3n) is 2.59. The van der Waals surface area contributed by atoms with Crippen LogP contribution in [0.15, 0.2) is 36.4 Å². The van der Waals surface area contributed by atoms with Gasteiger partial charge in [-0.3, -0.25) is 0 Å². The summed E-state index contributed by atoms with van der Waals surface area (Å²) in [5.41, 5.74) is 0.362. The molecule has 0 saturated carbocycles. The summed E-state index contributed by atoms with van der Waals surface area (Å²) in [6, 6.07) is 9.50. The smallest absolute Gasteiger partial charge is 0.405 e. The summed E-state index contributed by atoms with van der Waals surface area (Å²) in [7, 11) is 0. The molecule has 21 heavy (non-hydrogen) atoms. The molecule has 0 amide bonds. The predicted molar refractivity (Wildman–Crippen MR) is 65.6 cm³/mol. The van der Waals surface area contributed by atoms with Gasteiger partial charge in [0.1, 0.15) is 5.75 Å². The Morgan fingerprint density at radius 1 is 1.10 bits per heavy atom. The number of benzene rings is 1. The van der Waals surface area contributed by atoms with E-state index in [0.29, 0.717) is 0 Å². The molecule has 1 heterocycles. The van der Waals surface area contributed by atoms with Crippen molar-refractivity contribution < 1.29 is 22.3 Å². The molecule has 2 aromatic rings. The largest absolute Gasteiger partial charge is 0.573 e. The molecule has 0 atom stereocenters. The van der Waals surface area contributed by atoms with Crippen molar-refractivity contribution in [3.63, 3.8) is 0 Å². The predicted octanol–water partition coefficient (Wildman–Crippen LogP) is 3.85. The maximum absolute atomic E-state index is 13.1. The number of rotatable bonds is 3. The number of pyridine rings is 1. The SMILES string of the molecule is N#CCc1nc(F)ccc1-c1ccccc1OC(F)(F)F. The zero-order valence-electron chi connectivity index (χ0n) is 10.5. The third-order valence-corrected chi connectivity index (χ3v) is 2.59. The van der Waals surface area contributed by atoms with Crippen LogP contribution in [0.1, 0.15) is 5.69 Å². The Bertz CT molecular complexity index is 692. The number of halogens is 4. The number of hydrogen-bond acceptors (Lipinski definition) is 3. The number of para-hydroxylation sites is 1. The van der Waals surface area contributed by atoms with Gasteiger partial charge < -0.3 is 4.74 Å². The lowest BCUT2D eigenvalue weighted by molar-refractivity contribution is -0.274. The zero-order valence-corrected chi connectivity index (χ0v) is 10.5. The van der Waals surface area contributed by atoms with Crippen LogP contribution in [0.3, 0.4) is 0 Å². The van der Waals surface area contributed by atoms with Crippen LogP contribution in [0.2, 0.25) is 0 Å². The fourth-order valence-corrected chi connectivity index (χ4v) is 1.83. The summed E-state index contributed by atoms with van der Waals surface area (Å²) in [5.74, 6) is -1.24. The molecular weight excluding hydrogens is 288 g/mol. The monoisotopic (exact) mass is 296 g/mol. The molecule has 0 radical (unpaired) electrons. The molecule has 3 nitrogen and oxygen atoms in total. The van der Waals surface area contributed by atoms with Gasteiger partial charge in [0.25, 0.3) is 0 Å². The van der Waals surface area contributed by atoms with E-state index in [1.165, 1.54) is 24.3 Å². The van der Waals surface area contributed by atoms with E-state index in [1.54, 1.807) is 6.07 Å². The van der Waals surface area contributed by atoms with E-state index in [-0.39, 0.29) is 23.2 Å². The average Bonchev–Trinajstić information content (AvgIpc) is 2.39. The molecule has 0 N–H and O–H groups in total. The van der Waals surface area contributed by atoms with Crippen LogP contribution in [0.5, 0.6) is 5.75 Å². The maximum atomic E-state index is 13.1. The highest BCUT2D eigenvalue weighted by molar-refractivity contribution is 5.72. The first-order valence-corrected chi connectivity index (χ1v) is 5.78. The minimum atomic E-state index is -4.85.